The van der Waals surface area contributed by atoms with Gasteiger partial charge in [0, 0.05) is 0 Å². The van der Waals surface area contributed by atoms with Gasteiger partial charge in [-0.05, 0) is 35.3 Å². The van der Waals surface area contributed by atoms with Crippen molar-refractivity contribution in [1.29, 1.82) is 0 Å². The molecule has 0 amide bonds. The summed E-state index contributed by atoms with van der Waals surface area (Å²) in [5.41, 5.74) is 10.7. The van der Waals surface area contributed by atoms with Crippen LogP contribution >= 0.6 is 15.9 Å². The summed E-state index contributed by atoms with van der Waals surface area (Å²) < 4.78 is -2.59. The number of carbonyl (C=O) groups excluding carboxylic acids is 1. The molecule has 0 spiro atoms. The fourth-order valence-corrected chi connectivity index (χ4v) is 1.28. The van der Waals surface area contributed by atoms with E-state index in [1.54, 1.807) is 0 Å². The van der Waals surface area contributed by atoms with Crippen molar-refractivity contribution < 1.29 is 19.8 Å². The lowest BCUT2D eigenvalue weighted by atomic mass is 10.0. The highest BCUT2D eigenvalue weighted by Crippen LogP contribution is 2.18. The van der Waals surface area contributed by atoms with Gasteiger partial charge >= 0.3 is 5.97 Å². The van der Waals surface area contributed by atoms with E-state index in [4.69, 9.17) is 16.6 Å². The minimum Gasteiger partial charge on any atom is -0.478 e. The summed E-state index contributed by atoms with van der Waals surface area (Å²) in [6.45, 7) is 0.485. The second-order valence-electron chi connectivity index (χ2n) is 3.18. The SMILES string of the molecule is NCCCC[C@H](N)C(=O)C(O)(Br)C(=O)O. The van der Waals surface area contributed by atoms with Crippen LogP contribution in [0.25, 0.3) is 0 Å². The summed E-state index contributed by atoms with van der Waals surface area (Å²) in [5, 5.41) is 17.8. The molecule has 0 fully saturated rings. The first-order valence-electron chi connectivity index (χ1n) is 4.48. The van der Waals surface area contributed by atoms with Gasteiger partial charge in [-0.1, -0.05) is 6.42 Å². The number of carboxylic acids is 1. The first-order valence-corrected chi connectivity index (χ1v) is 5.28. The summed E-state index contributed by atoms with van der Waals surface area (Å²) in [6.07, 6.45) is 1.62. The zero-order chi connectivity index (χ0) is 12.1. The molecule has 15 heavy (non-hydrogen) atoms. The van der Waals surface area contributed by atoms with Crippen LogP contribution in [0.15, 0.2) is 0 Å². The Morgan fingerprint density at radius 2 is 1.93 bits per heavy atom. The molecule has 0 rings (SSSR count). The molecule has 1 unspecified atom stereocenters. The van der Waals surface area contributed by atoms with Crippen molar-refractivity contribution >= 4 is 27.7 Å². The Morgan fingerprint density at radius 3 is 2.33 bits per heavy atom. The number of aliphatic hydroxyl groups is 1. The van der Waals surface area contributed by atoms with Gasteiger partial charge < -0.3 is 21.7 Å². The van der Waals surface area contributed by atoms with Gasteiger partial charge in [0.05, 0.1) is 6.04 Å². The lowest BCUT2D eigenvalue weighted by Gasteiger charge is -2.18. The van der Waals surface area contributed by atoms with E-state index in [9.17, 15) is 14.7 Å². The number of ketones is 1. The molecule has 0 aromatic rings. The van der Waals surface area contributed by atoms with Crippen LogP contribution in [-0.2, 0) is 9.59 Å². The van der Waals surface area contributed by atoms with Gasteiger partial charge in [0.15, 0.2) is 0 Å². The Labute approximate surface area is 95.8 Å². The molecule has 0 aliphatic carbocycles. The van der Waals surface area contributed by atoms with E-state index in [2.05, 4.69) is 15.9 Å². The number of unbranched alkanes of at least 4 members (excludes halogenated alkanes) is 1. The van der Waals surface area contributed by atoms with Gasteiger partial charge in [-0.2, -0.15) is 0 Å². The van der Waals surface area contributed by atoms with E-state index < -0.39 is 22.3 Å². The Balaban J connectivity index is 4.25. The molecule has 6 N–H and O–H groups in total. The molecular formula is C8H15BrN2O4. The Hall–Kier alpha value is -0.500. The number of carboxylic acid groups (broad SMARTS) is 1. The van der Waals surface area contributed by atoms with Crippen LogP contribution in [0.4, 0.5) is 0 Å². The molecule has 0 saturated carbocycles. The van der Waals surface area contributed by atoms with Gasteiger partial charge in [0.25, 0.3) is 4.51 Å². The van der Waals surface area contributed by atoms with Gasteiger partial charge in [-0.25, -0.2) is 4.79 Å². The molecule has 2 atom stereocenters. The zero-order valence-corrected chi connectivity index (χ0v) is 9.74. The van der Waals surface area contributed by atoms with Crippen LogP contribution in [0.3, 0.4) is 0 Å². The monoisotopic (exact) mass is 282 g/mol. The second kappa shape index (κ2) is 6.16. The van der Waals surface area contributed by atoms with Crippen molar-refractivity contribution in [3.63, 3.8) is 0 Å². The lowest BCUT2D eigenvalue weighted by Crippen LogP contribution is -2.49. The van der Waals surface area contributed by atoms with E-state index in [0.29, 0.717) is 25.8 Å². The van der Waals surface area contributed by atoms with Crippen molar-refractivity contribution in [2.24, 2.45) is 11.5 Å². The highest BCUT2D eigenvalue weighted by Gasteiger charge is 2.43. The number of Topliss-reactive ketones (excluding diaryl/α,β-unsaturated/α-hetero) is 1. The van der Waals surface area contributed by atoms with Crippen LogP contribution in [0.2, 0.25) is 0 Å². The molecule has 6 nitrogen and oxygen atoms in total. The van der Waals surface area contributed by atoms with Crippen LogP contribution < -0.4 is 11.5 Å². The van der Waals surface area contributed by atoms with Crippen LogP contribution in [0.5, 0.6) is 0 Å². The molecule has 0 aliphatic rings. The number of aliphatic carboxylic acids is 1. The predicted octanol–water partition coefficient (Wildman–Crippen LogP) is -0.820. The van der Waals surface area contributed by atoms with Crippen molar-refractivity contribution in [3.8, 4) is 0 Å². The minimum atomic E-state index is -2.59. The summed E-state index contributed by atoms with van der Waals surface area (Å²) in [5.74, 6) is -2.62. The maximum Gasteiger partial charge on any atom is 0.355 e. The maximum atomic E-state index is 11.4. The number of halogens is 1. The molecule has 0 heterocycles. The first kappa shape index (κ1) is 14.5. The standard InChI is InChI=1S/C8H15BrN2O4/c9-8(15,7(13)14)6(12)5(11)3-1-2-4-10/h5,15H,1-4,10-11H2,(H,13,14)/t5-,8?/m0/s1. The molecular weight excluding hydrogens is 268 g/mol. The van der Waals surface area contributed by atoms with Gasteiger partial charge in [-0.15, -0.1) is 0 Å². The fraction of sp³-hybridized carbons (Fsp3) is 0.750. The number of rotatable bonds is 7. The fourth-order valence-electron chi connectivity index (χ4n) is 0.991. The number of nitrogens with two attached hydrogens (primary N) is 2. The van der Waals surface area contributed by atoms with Gasteiger partial charge in [0.1, 0.15) is 0 Å². The highest BCUT2D eigenvalue weighted by molar-refractivity contribution is 9.10. The summed E-state index contributed by atoms with van der Waals surface area (Å²) >= 11 is 2.42. The van der Waals surface area contributed by atoms with Crippen molar-refractivity contribution in [1.82, 2.24) is 0 Å². The summed E-state index contributed by atoms with van der Waals surface area (Å²) in [7, 11) is 0. The topological polar surface area (TPSA) is 127 Å². The molecule has 88 valence electrons. The number of hydrogen-bond donors (Lipinski definition) is 4. The third-order valence-corrected chi connectivity index (χ3v) is 2.65. The van der Waals surface area contributed by atoms with Crippen LogP contribution in [-0.4, -0.2) is 39.1 Å². The quantitative estimate of drug-likeness (QED) is 0.275. The zero-order valence-electron chi connectivity index (χ0n) is 8.15. The largest absolute Gasteiger partial charge is 0.478 e. The van der Waals surface area contributed by atoms with E-state index in [1.165, 1.54) is 0 Å². The van der Waals surface area contributed by atoms with Crippen LogP contribution in [0.1, 0.15) is 19.3 Å². The smallest absolute Gasteiger partial charge is 0.355 e. The molecule has 7 heteroatoms. The minimum absolute atomic E-state index is 0.303. The lowest BCUT2D eigenvalue weighted by molar-refractivity contribution is -0.155. The Morgan fingerprint density at radius 1 is 1.40 bits per heavy atom. The van der Waals surface area contributed by atoms with Gasteiger partial charge in [0.2, 0.25) is 5.78 Å². The molecule has 0 aliphatic heterocycles. The third kappa shape index (κ3) is 4.25. The second-order valence-corrected chi connectivity index (χ2v) is 4.33. The number of hydrogen-bond acceptors (Lipinski definition) is 5. The normalized spacial score (nSPS) is 16.8. The van der Waals surface area contributed by atoms with Crippen LogP contribution in [0, 0.1) is 0 Å². The highest BCUT2D eigenvalue weighted by atomic mass is 79.9. The molecule has 0 radical (unpaired) electrons. The van der Waals surface area contributed by atoms with Gasteiger partial charge in [-0.3, -0.25) is 4.79 Å². The number of alkyl halides is 1. The Kier molecular flexibility index (Phi) is 5.96. The van der Waals surface area contributed by atoms with Crippen molar-refractivity contribution in [3.05, 3.63) is 0 Å². The molecule has 0 aromatic carbocycles. The van der Waals surface area contributed by atoms with E-state index in [-0.39, 0.29) is 0 Å². The average molecular weight is 283 g/mol. The van der Waals surface area contributed by atoms with E-state index >= 15 is 0 Å². The first-order chi connectivity index (χ1) is 6.84. The van der Waals surface area contributed by atoms with Crippen molar-refractivity contribution in [2.45, 2.75) is 29.8 Å². The molecule has 0 aromatic heterocycles. The van der Waals surface area contributed by atoms with E-state index in [0.717, 1.165) is 0 Å². The predicted molar refractivity (Wildman–Crippen MR) is 57.4 cm³/mol. The summed E-state index contributed by atoms with van der Waals surface area (Å²) in [6, 6.07) is -1.00. The maximum absolute atomic E-state index is 11.4. The number of carbonyl (C=O) groups is 2. The average Bonchev–Trinajstić information content (AvgIpc) is 2.16. The van der Waals surface area contributed by atoms with E-state index in [1.807, 2.05) is 0 Å². The van der Waals surface area contributed by atoms with Crippen molar-refractivity contribution in [2.75, 3.05) is 6.54 Å². The molecule has 0 saturated heterocycles. The summed E-state index contributed by atoms with van der Waals surface area (Å²) in [4.78, 5) is 21.9. The molecule has 0 bridgehead atoms. The Bertz CT molecular complexity index is 245. The third-order valence-electron chi connectivity index (χ3n) is 1.92.